The summed E-state index contributed by atoms with van der Waals surface area (Å²) in [7, 11) is 0. The maximum absolute atomic E-state index is 13.0. The van der Waals surface area contributed by atoms with Gasteiger partial charge in [-0.3, -0.25) is 4.79 Å². The van der Waals surface area contributed by atoms with E-state index in [-0.39, 0.29) is 5.91 Å². The van der Waals surface area contributed by atoms with Gasteiger partial charge in [0.05, 0.1) is 6.21 Å². The van der Waals surface area contributed by atoms with Crippen molar-refractivity contribution in [3.63, 3.8) is 0 Å². The van der Waals surface area contributed by atoms with Gasteiger partial charge in [0.25, 0.3) is 5.91 Å². The first-order valence-electron chi connectivity index (χ1n) is 9.05. The Morgan fingerprint density at radius 1 is 1.00 bits per heavy atom. The largest absolute Gasteiger partial charge is 0.346 e. The number of nitrogens with one attached hydrogen (secondary N) is 1. The van der Waals surface area contributed by atoms with Crippen molar-refractivity contribution in [2.75, 3.05) is 0 Å². The number of hydrogen-bond acceptors (Lipinski definition) is 4. The minimum absolute atomic E-state index is 0.359. The standard InChI is InChI=1S/C22H19N3O2S/c1-2-22(17-11-7-4-8-12-17)20(26)25(21(27)24-22)23-15-18-13-14-19(28-18)16-9-5-3-6-10-16/h3-15H,2H2,1H3,(H,24,27)/b23-15-/t22-/m0/s1. The van der Waals surface area contributed by atoms with Crippen molar-refractivity contribution >= 4 is 29.5 Å². The number of nitrogens with zero attached hydrogens (tertiary/aromatic N) is 2. The molecule has 6 heteroatoms. The summed E-state index contributed by atoms with van der Waals surface area (Å²) in [5, 5.41) is 7.94. The number of carbonyl (C=O) groups excluding carboxylic acids is 2. The highest BCUT2D eigenvalue weighted by Crippen LogP contribution is 2.33. The summed E-state index contributed by atoms with van der Waals surface area (Å²) < 4.78 is 0. The molecular formula is C22H19N3O2S. The van der Waals surface area contributed by atoms with Crippen LogP contribution >= 0.6 is 11.3 Å². The SMILES string of the molecule is CC[C@@]1(c2ccccc2)NC(=O)N(/N=C\c2ccc(-c3ccccc3)s2)C1=O. The Kier molecular flexibility index (Phi) is 4.79. The first-order chi connectivity index (χ1) is 13.6. The molecule has 0 spiro atoms. The molecule has 3 amide bonds. The summed E-state index contributed by atoms with van der Waals surface area (Å²) in [4.78, 5) is 27.5. The first kappa shape index (κ1) is 18.1. The third kappa shape index (κ3) is 3.12. The lowest BCUT2D eigenvalue weighted by Crippen LogP contribution is -2.43. The number of rotatable bonds is 5. The quantitative estimate of drug-likeness (QED) is 0.512. The molecule has 4 rings (SSSR count). The molecule has 1 aliphatic heterocycles. The highest BCUT2D eigenvalue weighted by Gasteiger charge is 2.51. The van der Waals surface area contributed by atoms with Crippen LogP contribution in [0.5, 0.6) is 0 Å². The minimum Gasteiger partial charge on any atom is -0.318 e. The average Bonchev–Trinajstić information content (AvgIpc) is 3.31. The normalized spacial score (nSPS) is 19.4. The van der Waals surface area contributed by atoms with E-state index in [1.807, 2.05) is 79.7 Å². The summed E-state index contributed by atoms with van der Waals surface area (Å²) >= 11 is 1.55. The second-order valence-electron chi connectivity index (χ2n) is 6.48. The summed E-state index contributed by atoms with van der Waals surface area (Å²) in [6, 6.07) is 22.8. The maximum Gasteiger partial charge on any atom is 0.346 e. The van der Waals surface area contributed by atoms with E-state index >= 15 is 0 Å². The zero-order valence-corrected chi connectivity index (χ0v) is 16.1. The predicted octanol–water partition coefficient (Wildman–Crippen LogP) is 4.61. The Balaban J connectivity index is 1.58. The summed E-state index contributed by atoms with van der Waals surface area (Å²) in [6.45, 7) is 1.88. The zero-order valence-electron chi connectivity index (χ0n) is 15.3. The van der Waals surface area contributed by atoms with E-state index < -0.39 is 11.6 Å². The minimum atomic E-state index is -1.07. The second kappa shape index (κ2) is 7.40. The van der Waals surface area contributed by atoms with Crippen molar-refractivity contribution in [1.82, 2.24) is 10.3 Å². The van der Waals surface area contributed by atoms with Crippen LogP contribution in [0.1, 0.15) is 23.8 Å². The van der Waals surface area contributed by atoms with Gasteiger partial charge in [-0.2, -0.15) is 5.10 Å². The van der Waals surface area contributed by atoms with Gasteiger partial charge in [0, 0.05) is 9.75 Å². The van der Waals surface area contributed by atoms with Gasteiger partial charge in [-0.25, -0.2) is 4.79 Å². The lowest BCUT2D eigenvalue weighted by Gasteiger charge is -2.24. The van der Waals surface area contributed by atoms with Crippen LogP contribution in [0.15, 0.2) is 77.9 Å². The number of imide groups is 1. The van der Waals surface area contributed by atoms with Gasteiger partial charge in [-0.05, 0) is 29.7 Å². The van der Waals surface area contributed by atoms with Crippen molar-refractivity contribution < 1.29 is 9.59 Å². The van der Waals surface area contributed by atoms with E-state index in [1.165, 1.54) is 0 Å². The molecule has 0 unspecified atom stereocenters. The van der Waals surface area contributed by atoms with Gasteiger partial charge in [-0.1, -0.05) is 67.6 Å². The molecule has 1 aromatic heterocycles. The van der Waals surface area contributed by atoms with Gasteiger partial charge in [-0.15, -0.1) is 16.3 Å². The number of amides is 3. The number of thiophene rings is 1. The van der Waals surface area contributed by atoms with Crippen LogP contribution in [0.4, 0.5) is 4.79 Å². The lowest BCUT2D eigenvalue weighted by atomic mass is 9.87. The molecule has 1 saturated heterocycles. The third-order valence-corrected chi connectivity index (χ3v) is 5.92. The number of hydrazone groups is 1. The molecule has 3 aromatic rings. The van der Waals surface area contributed by atoms with E-state index in [2.05, 4.69) is 10.4 Å². The van der Waals surface area contributed by atoms with E-state index in [1.54, 1.807) is 17.6 Å². The average molecular weight is 389 g/mol. The Morgan fingerprint density at radius 3 is 2.36 bits per heavy atom. The molecule has 2 aromatic carbocycles. The van der Waals surface area contributed by atoms with E-state index in [0.29, 0.717) is 6.42 Å². The van der Waals surface area contributed by atoms with Crippen LogP contribution in [0.3, 0.4) is 0 Å². The molecule has 0 bridgehead atoms. The fourth-order valence-electron chi connectivity index (χ4n) is 3.32. The van der Waals surface area contributed by atoms with Crippen LogP contribution < -0.4 is 5.32 Å². The van der Waals surface area contributed by atoms with Gasteiger partial charge < -0.3 is 5.32 Å². The zero-order chi connectivity index (χ0) is 19.6. The molecule has 5 nitrogen and oxygen atoms in total. The summed E-state index contributed by atoms with van der Waals surface area (Å²) in [5.41, 5.74) is 0.813. The van der Waals surface area contributed by atoms with Crippen LogP contribution in [-0.4, -0.2) is 23.2 Å². The Morgan fingerprint density at radius 2 is 1.68 bits per heavy atom. The molecule has 1 aliphatic rings. The fourth-order valence-corrected chi connectivity index (χ4v) is 4.20. The second-order valence-corrected chi connectivity index (χ2v) is 7.60. The maximum atomic E-state index is 13.0. The van der Waals surface area contributed by atoms with E-state index in [9.17, 15) is 9.59 Å². The smallest absolute Gasteiger partial charge is 0.318 e. The molecule has 140 valence electrons. The van der Waals surface area contributed by atoms with Gasteiger partial charge in [0.15, 0.2) is 0 Å². The third-order valence-electron chi connectivity index (χ3n) is 4.85. The lowest BCUT2D eigenvalue weighted by molar-refractivity contribution is -0.131. The van der Waals surface area contributed by atoms with E-state index in [4.69, 9.17) is 0 Å². The number of carbonyl (C=O) groups is 2. The van der Waals surface area contributed by atoms with Crippen molar-refractivity contribution in [1.29, 1.82) is 0 Å². The van der Waals surface area contributed by atoms with Crippen LogP contribution in [0.25, 0.3) is 10.4 Å². The Bertz CT molecular complexity index is 1030. The van der Waals surface area contributed by atoms with E-state index in [0.717, 1.165) is 25.9 Å². The molecule has 0 radical (unpaired) electrons. The van der Waals surface area contributed by atoms with Crippen molar-refractivity contribution in [2.45, 2.75) is 18.9 Å². The topological polar surface area (TPSA) is 61.8 Å². The molecule has 0 saturated carbocycles. The number of benzene rings is 2. The molecule has 1 atom stereocenters. The number of urea groups is 1. The van der Waals surface area contributed by atoms with Crippen molar-refractivity contribution in [3.05, 3.63) is 83.2 Å². The Labute approximate surface area is 167 Å². The molecule has 0 aliphatic carbocycles. The van der Waals surface area contributed by atoms with Gasteiger partial charge in [0.2, 0.25) is 0 Å². The number of hydrogen-bond donors (Lipinski definition) is 1. The molecule has 28 heavy (non-hydrogen) atoms. The predicted molar refractivity (Wildman–Crippen MR) is 111 cm³/mol. The molecule has 2 heterocycles. The molecule has 1 fully saturated rings. The van der Waals surface area contributed by atoms with Crippen LogP contribution in [-0.2, 0) is 10.3 Å². The van der Waals surface area contributed by atoms with Gasteiger partial charge >= 0.3 is 6.03 Å². The highest BCUT2D eigenvalue weighted by molar-refractivity contribution is 7.17. The summed E-state index contributed by atoms with van der Waals surface area (Å²) in [6.07, 6.45) is 2.01. The fraction of sp³-hybridized carbons (Fsp3) is 0.136. The van der Waals surface area contributed by atoms with Gasteiger partial charge in [0.1, 0.15) is 5.54 Å². The van der Waals surface area contributed by atoms with Crippen molar-refractivity contribution in [2.24, 2.45) is 5.10 Å². The summed E-state index contributed by atoms with van der Waals surface area (Å²) in [5.74, 6) is -0.359. The Hall–Kier alpha value is -3.25. The molecule has 1 N–H and O–H groups in total. The highest BCUT2D eigenvalue weighted by atomic mass is 32.1. The van der Waals surface area contributed by atoms with Crippen molar-refractivity contribution in [3.8, 4) is 10.4 Å². The van der Waals surface area contributed by atoms with Crippen LogP contribution in [0.2, 0.25) is 0 Å². The first-order valence-corrected chi connectivity index (χ1v) is 9.87. The monoisotopic (exact) mass is 389 g/mol. The molecular weight excluding hydrogens is 370 g/mol. The van der Waals surface area contributed by atoms with Crippen LogP contribution in [0, 0.1) is 0 Å².